The number of rotatable bonds is 4. The van der Waals surface area contributed by atoms with Crippen molar-refractivity contribution in [2.24, 2.45) is 0 Å². The van der Waals surface area contributed by atoms with Crippen LogP contribution < -0.4 is 4.74 Å². The van der Waals surface area contributed by atoms with Crippen molar-refractivity contribution >= 4 is 11.6 Å². The standard InChI is InChI=1S/C15H15ClO3/c1-10(18)12-4-7-15(14(16)8-12)19-13-5-2-11(9-17)3-6-13/h2-8,10,17-18H,9H2,1H3. The molecule has 0 aliphatic rings. The van der Waals surface area contributed by atoms with Gasteiger partial charge in [0, 0.05) is 0 Å². The predicted molar refractivity (Wildman–Crippen MR) is 74.5 cm³/mol. The molecule has 3 nitrogen and oxygen atoms in total. The third-order valence-electron chi connectivity index (χ3n) is 2.77. The van der Waals surface area contributed by atoms with E-state index in [0.29, 0.717) is 16.5 Å². The topological polar surface area (TPSA) is 49.7 Å². The fraction of sp³-hybridized carbons (Fsp3) is 0.200. The fourth-order valence-electron chi connectivity index (χ4n) is 1.65. The second kappa shape index (κ2) is 6.06. The van der Waals surface area contributed by atoms with Gasteiger partial charge in [-0.1, -0.05) is 29.8 Å². The van der Waals surface area contributed by atoms with E-state index >= 15 is 0 Å². The van der Waals surface area contributed by atoms with Crippen LogP contribution in [0, 0.1) is 0 Å². The Labute approximate surface area is 117 Å². The smallest absolute Gasteiger partial charge is 0.146 e. The van der Waals surface area contributed by atoms with E-state index in [2.05, 4.69) is 0 Å². The second-order valence-electron chi connectivity index (χ2n) is 4.27. The number of halogens is 1. The van der Waals surface area contributed by atoms with Crippen LogP contribution in [0.25, 0.3) is 0 Å². The zero-order chi connectivity index (χ0) is 13.8. The van der Waals surface area contributed by atoms with Gasteiger partial charge < -0.3 is 14.9 Å². The number of hydrogen-bond donors (Lipinski definition) is 2. The molecule has 100 valence electrons. The predicted octanol–water partition coefficient (Wildman–Crippen LogP) is 3.68. The fourth-order valence-corrected chi connectivity index (χ4v) is 1.88. The molecule has 1 unspecified atom stereocenters. The lowest BCUT2D eigenvalue weighted by atomic mass is 10.1. The van der Waals surface area contributed by atoms with Crippen molar-refractivity contribution in [3.63, 3.8) is 0 Å². The summed E-state index contributed by atoms with van der Waals surface area (Å²) in [5.41, 5.74) is 1.57. The SMILES string of the molecule is CC(O)c1ccc(Oc2ccc(CO)cc2)c(Cl)c1. The minimum absolute atomic E-state index is 0.00409. The zero-order valence-electron chi connectivity index (χ0n) is 10.5. The van der Waals surface area contributed by atoms with E-state index in [-0.39, 0.29) is 6.61 Å². The molecule has 0 aliphatic carbocycles. The van der Waals surface area contributed by atoms with Crippen molar-refractivity contribution in [3.8, 4) is 11.5 Å². The third kappa shape index (κ3) is 3.47. The Morgan fingerprint density at radius 3 is 2.37 bits per heavy atom. The number of benzene rings is 2. The van der Waals surface area contributed by atoms with Gasteiger partial charge in [0.25, 0.3) is 0 Å². The van der Waals surface area contributed by atoms with Crippen molar-refractivity contribution < 1.29 is 14.9 Å². The highest BCUT2D eigenvalue weighted by Crippen LogP contribution is 2.31. The first kappa shape index (κ1) is 13.9. The highest BCUT2D eigenvalue weighted by atomic mass is 35.5. The molecule has 0 aliphatic heterocycles. The molecule has 4 heteroatoms. The average molecular weight is 279 g/mol. The maximum Gasteiger partial charge on any atom is 0.146 e. The monoisotopic (exact) mass is 278 g/mol. The first-order chi connectivity index (χ1) is 9.10. The van der Waals surface area contributed by atoms with E-state index in [1.54, 1.807) is 49.4 Å². The van der Waals surface area contributed by atoms with E-state index in [1.165, 1.54) is 0 Å². The molecule has 0 bridgehead atoms. The molecule has 0 heterocycles. The number of hydrogen-bond acceptors (Lipinski definition) is 3. The lowest BCUT2D eigenvalue weighted by molar-refractivity contribution is 0.199. The van der Waals surface area contributed by atoms with Crippen molar-refractivity contribution in [1.29, 1.82) is 0 Å². The Morgan fingerprint density at radius 1 is 1.16 bits per heavy atom. The second-order valence-corrected chi connectivity index (χ2v) is 4.68. The van der Waals surface area contributed by atoms with Gasteiger partial charge in [-0.3, -0.25) is 0 Å². The molecule has 0 saturated carbocycles. The van der Waals surface area contributed by atoms with Crippen LogP contribution in [0.15, 0.2) is 42.5 Å². The molecule has 19 heavy (non-hydrogen) atoms. The largest absolute Gasteiger partial charge is 0.456 e. The first-order valence-corrected chi connectivity index (χ1v) is 6.33. The van der Waals surface area contributed by atoms with E-state index in [0.717, 1.165) is 11.1 Å². The maximum absolute atomic E-state index is 9.46. The zero-order valence-corrected chi connectivity index (χ0v) is 11.3. The quantitative estimate of drug-likeness (QED) is 0.897. The molecule has 0 radical (unpaired) electrons. The van der Waals surface area contributed by atoms with Gasteiger partial charge in [0.15, 0.2) is 0 Å². The van der Waals surface area contributed by atoms with Gasteiger partial charge in [-0.15, -0.1) is 0 Å². The number of aliphatic hydroxyl groups excluding tert-OH is 2. The minimum Gasteiger partial charge on any atom is -0.456 e. The number of ether oxygens (including phenoxy) is 1. The molecule has 2 N–H and O–H groups in total. The molecule has 2 aromatic rings. The van der Waals surface area contributed by atoms with Crippen molar-refractivity contribution in [1.82, 2.24) is 0 Å². The molecule has 0 amide bonds. The summed E-state index contributed by atoms with van der Waals surface area (Å²) in [6, 6.07) is 12.3. The van der Waals surface area contributed by atoms with E-state index in [1.807, 2.05) is 0 Å². The van der Waals surface area contributed by atoms with E-state index in [4.69, 9.17) is 21.4 Å². The summed E-state index contributed by atoms with van der Waals surface area (Å²) in [4.78, 5) is 0. The van der Waals surface area contributed by atoms with Crippen LogP contribution >= 0.6 is 11.6 Å². The van der Waals surface area contributed by atoms with Gasteiger partial charge in [0.2, 0.25) is 0 Å². The minimum atomic E-state index is -0.560. The summed E-state index contributed by atoms with van der Waals surface area (Å²) in [5, 5.41) is 18.9. The molecule has 0 fully saturated rings. The van der Waals surface area contributed by atoms with Crippen LogP contribution in [-0.2, 0) is 6.61 Å². The van der Waals surface area contributed by atoms with Gasteiger partial charge in [0.1, 0.15) is 11.5 Å². The van der Waals surface area contributed by atoms with Crippen molar-refractivity contribution in [2.75, 3.05) is 0 Å². The Balaban J connectivity index is 2.18. The Bertz CT molecular complexity index is 550. The molecule has 0 saturated heterocycles. The van der Waals surface area contributed by atoms with E-state index < -0.39 is 6.10 Å². The molecule has 2 rings (SSSR count). The summed E-state index contributed by atoms with van der Waals surface area (Å²) in [7, 11) is 0. The third-order valence-corrected chi connectivity index (χ3v) is 3.07. The molecular formula is C15H15ClO3. The van der Waals surface area contributed by atoms with Crippen molar-refractivity contribution in [3.05, 3.63) is 58.6 Å². The van der Waals surface area contributed by atoms with Gasteiger partial charge in [0.05, 0.1) is 17.7 Å². The number of aliphatic hydroxyl groups is 2. The summed E-state index contributed by atoms with van der Waals surface area (Å²) in [6.45, 7) is 1.68. The van der Waals surface area contributed by atoms with Crippen LogP contribution in [0.1, 0.15) is 24.2 Å². The van der Waals surface area contributed by atoms with Crippen LogP contribution in [0.5, 0.6) is 11.5 Å². The lowest BCUT2D eigenvalue weighted by Gasteiger charge is -2.10. The highest BCUT2D eigenvalue weighted by molar-refractivity contribution is 6.32. The molecule has 2 aromatic carbocycles. The van der Waals surface area contributed by atoms with Crippen molar-refractivity contribution in [2.45, 2.75) is 19.6 Å². The van der Waals surface area contributed by atoms with Gasteiger partial charge in [-0.2, -0.15) is 0 Å². The summed E-state index contributed by atoms with van der Waals surface area (Å²) >= 11 is 6.11. The summed E-state index contributed by atoms with van der Waals surface area (Å²) in [6.07, 6.45) is -0.560. The van der Waals surface area contributed by atoms with Gasteiger partial charge in [-0.25, -0.2) is 0 Å². The van der Waals surface area contributed by atoms with Gasteiger partial charge >= 0.3 is 0 Å². The van der Waals surface area contributed by atoms with E-state index in [9.17, 15) is 5.11 Å². The molecule has 1 atom stereocenters. The summed E-state index contributed by atoms with van der Waals surface area (Å²) in [5.74, 6) is 1.17. The molecular weight excluding hydrogens is 264 g/mol. The Morgan fingerprint density at radius 2 is 1.84 bits per heavy atom. The molecule has 0 spiro atoms. The van der Waals surface area contributed by atoms with Crippen LogP contribution in [0.4, 0.5) is 0 Å². The summed E-state index contributed by atoms with van der Waals surface area (Å²) < 4.78 is 5.65. The van der Waals surface area contributed by atoms with Gasteiger partial charge in [-0.05, 0) is 42.3 Å². The Kier molecular flexibility index (Phi) is 4.43. The molecule has 0 aromatic heterocycles. The first-order valence-electron chi connectivity index (χ1n) is 5.95. The normalized spacial score (nSPS) is 12.2. The van der Waals surface area contributed by atoms with Crippen LogP contribution in [0.3, 0.4) is 0 Å². The van der Waals surface area contributed by atoms with Crippen LogP contribution in [-0.4, -0.2) is 10.2 Å². The highest BCUT2D eigenvalue weighted by Gasteiger charge is 2.07. The Hall–Kier alpha value is -1.55. The maximum atomic E-state index is 9.46. The lowest BCUT2D eigenvalue weighted by Crippen LogP contribution is -1.92. The average Bonchev–Trinajstić information content (AvgIpc) is 2.41. The van der Waals surface area contributed by atoms with Crippen LogP contribution in [0.2, 0.25) is 5.02 Å².